The number of guanidine groups is 1. The van der Waals surface area contributed by atoms with Crippen LogP contribution in [0.2, 0.25) is 0 Å². The lowest BCUT2D eigenvalue weighted by atomic mass is 9.99. The molecule has 0 atom stereocenters. The number of methoxy groups -OCH3 is 1. The van der Waals surface area contributed by atoms with Crippen molar-refractivity contribution in [2.75, 3.05) is 57.9 Å². The number of aliphatic imine (C=N–C) groups is 1. The molecule has 9 heteroatoms. The number of aromatic nitrogens is 1. The van der Waals surface area contributed by atoms with Gasteiger partial charge in [0.15, 0.2) is 5.96 Å². The van der Waals surface area contributed by atoms with Gasteiger partial charge in [0.1, 0.15) is 11.6 Å². The van der Waals surface area contributed by atoms with E-state index in [0.717, 1.165) is 80.2 Å². The number of piperazine rings is 1. The van der Waals surface area contributed by atoms with Gasteiger partial charge in [0, 0.05) is 77.6 Å². The summed E-state index contributed by atoms with van der Waals surface area (Å²) >= 11 is 0. The second-order valence-electron chi connectivity index (χ2n) is 10.8. The number of amides is 1. The zero-order chi connectivity index (χ0) is 30.3. The molecule has 0 radical (unpaired) electrons. The Labute approximate surface area is 256 Å². The molecular formula is C34H46N6O3. The first kappa shape index (κ1) is 32.0. The molecule has 1 amide bonds. The standard InChI is InChI=1S/C34H46N6O3/c1-3-4-17-37-34(35)38-33(41)16-12-27-11-15-30(31(25-27)43-24-7-23-42-2)29-13-9-28(10-14-29)26-39-19-21-40(22-20-39)32-8-5-6-18-36-32/h5-6,8-11,13-15,18,25H,3-4,7,12,16-17,19-24,26H2,1-2H3,(H3,35,37,38,41). The zero-order valence-electron chi connectivity index (χ0n) is 25.6. The smallest absolute Gasteiger partial charge is 0.226 e. The molecule has 9 nitrogen and oxygen atoms in total. The summed E-state index contributed by atoms with van der Waals surface area (Å²) in [5, 5.41) is 2.69. The number of carbonyl (C=O) groups is 1. The molecule has 3 aromatic rings. The number of carbonyl (C=O) groups excluding carboxylic acids is 1. The van der Waals surface area contributed by atoms with Gasteiger partial charge in [-0.1, -0.05) is 55.8 Å². The van der Waals surface area contributed by atoms with Gasteiger partial charge < -0.3 is 20.1 Å². The summed E-state index contributed by atoms with van der Waals surface area (Å²) in [5.74, 6) is 1.91. The Morgan fingerprint density at radius 2 is 1.79 bits per heavy atom. The highest BCUT2D eigenvalue weighted by Gasteiger charge is 2.18. The van der Waals surface area contributed by atoms with E-state index in [1.54, 1.807) is 7.11 Å². The van der Waals surface area contributed by atoms with Crippen molar-refractivity contribution in [1.82, 2.24) is 15.2 Å². The van der Waals surface area contributed by atoms with Crippen LogP contribution in [-0.2, 0) is 22.5 Å². The third-order valence-electron chi connectivity index (χ3n) is 7.52. The Hall–Kier alpha value is -3.95. The van der Waals surface area contributed by atoms with Crippen molar-refractivity contribution in [2.24, 2.45) is 10.7 Å². The molecule has 0 aliphatic carbocycles. The van der Waals surface area contributed by atoms with Gasteiger partial charge in [-0.3, -0.25) is 20.0 Å². The lowest BCUT2D eigenvalue weighted by molar-refractivity contribution is -0.119. The fourth-order valence-electron chi connectivity index (χ4n) is 5.05. The van der Waals surface area contributed by atoms with Crippen LogP contribution in [0, 0.1) is 0 Å². The topological polar surface area (TPSA) is 105 Å². The Morgan fingerprint density at radius 1 is 1.00 bits per heavy atom. The van der Waals surface area contributed by atoms with Crippen LogP contribution in [0.15, 0.2) is 71.9 Å². The summed E-state index contributed by atoms with van der Waals surface area (Å²) in [6, 6.07) is 21.0. The number of benzene rings is 2. The van der Waals surface area contributed by atoms with Gasteiger partial charge in [-0.2, -0.15) is 0 Å². The van der Waals surface area contributed by atoms with Crippen molar-refractivity contribution in [3.05, 3.63) is 78.0 Å². The predicted octanol–water partition coefficient (Wildman–Crippen LogP) is 4.65. The van der Waals surface area contributed by atoms with Crippen LogP contribution in [0.1, 0.15) is 43.7 Å². The molecule has 0 saturated carbocycles. The van der Waals surface area contributed by atoms with E-state index in [4.69, 9.17) is 15.2 Å². The first-order chi connectivity index (χ1) is 21.1. The summed E-state index contributed by atoms with van der Waals surface area (Å²) in [7, 11) is 1.69. The SMILES string of the molecule is CCCCN=C(N)NC(=O)CCc1ccc(-c2ccc(CN3CCN(c4ccccn4)CC3)cc2)c(OCCCOC)c1. The van der Waals surface area contributed by atoms with Crippen LogP contribution in [0.25, 0.3) is 11.1 Å². The van der Waals surface area contributed by atoms with Crippen LogP contribution in [0.3, 0.4) is 0 Å². The average molecular weight is 587 g/mol. The lowest BCUT2D eigenvalue weighted by Gasteiger charge is -2.35. The maximum absolute atomic E-state index is 12.4. The van der Waals surface area contributed by atoms with Gasteiger partial charge in [-0.05, 0) is 47.7 Å². The molecule has 0 bridgehead atoms. The van der Waals surface area contributed by atoms with Gasteiger partial charge in [0.05, 0.1) is 6.61 Å². The minimum Gasteiger partial charge on any atom is -0.493 e. The Bertz CT molecular complexity index is 1290. The monoisotopic (exact) mass is 586 g/mol. The van der Waals surface area contributed by atoms with E-state index in [0.29, 0.717) is 32.6 Å². The molecule has 1 aromatic heterocycles. The van der Waals surface area contributed by atoms with E-state index in [1.165, 1.54) is 5.56 Å². The Balaban J connectivity index is 1.36. The van der Waals surface area contributed by atoms with Crippen molar-refractivity contribution in [3.63, 3.8) is 0 Å². The lowest BCUT2D eigenvalue weighted by Crippen LogP contribution is -2.46. The molecule has 4 rings (SSSR count). The van der Waals surface area contributed by atoms with E-state index < -0.39 is 0 Å². The Morgan fingerprint density at radius 3 is 2.51 bits per heavy atom. The summed E-state index contributed by atoms with van der Waals surface area (Å²) in [5.41, 5.74) is 10.3. The highest BCUT2D eigenvalue weighted by Crippen LogP contribution is 2.32. The largest absolute Gasteiger partial charge is 0.493 e. The predicted molar refractivity (Wildman–Crippen MR) is 173 cm³/mol. The van der Waals surface area contributed by atoms with Gasteiger partial charge in [0.2, 0.25) is 5.91 Å². The molecule has 0 spiro atoms. The van der Waals surface area contributed by atoms with Crippen LogP contribution in [0.4, 0.5) is 5.82 Å². The number of pyridine rings is 1. The molecule has 1 fully saturated rings. The number of unbranched alkanes of at least 4 members (excludes halogenated alkanes) is 1. The number of nitrogens with zero attached hydrogens (tertiary/aromatic N) is 4. The molecule has 0 unspecified atom stereocenters. The third kappa shape index (κ3) is 10.4. The van der Waals surface area contributed by atoms with Crippen molar-refractivity contribution in [3.8, 4) is 16.9 Å². The molecule has 1 saturated heterocycles. The highest BCUT2D eigenvalue weighted by atomic mass is 16.5. The molecule has 2 aromatic carbocycles. The van der Waals surface area contributed by atoms with Crippen LogP contribution >= 0.6 is 0 Å². The van der Waals surface area contributed by atoms with Crippen molar-refractivity contribution in [2.45, 2.75) is 45.6 Å². The summed E-state index contributed by atoms with van der Waals surface area (Å²) in [4.78, 5) is 25.9. The minimum atomic E-state index is -0.141. The minimum absolute atomic E-state index is 0.141. The quantitative estimate of drug-likeness (QED) is 0.152. The summed E-state index contributed by atoms with van der Waals surface area (Å²) < 4.78 is 11.4. The van der Waals surface area contributed by atoms with Crippen molar-refractivity contribution < 1.29 is 14.3 Å². The van der Waals surface area contributed by atoms with E-state index in [2.05, 4.69) is 74.5 Å². The third-order valence-corrected chi connectivity index (χ3v) is 7.52. The number of aryl methyl sites for hydroxylation is 1. The number of anilines is 1. The fourth-order valence-corrected chi connectivity index (χ4v) is 5.05. The molecule has 230 valence electrons. The first-order valence-corrected chi connectivity index (χ1v) is 15.4. The normalized spacial score (nSPS) is 14.1. The maximum atomic E-state index is 12.4. The van der Waals surface area contributed by atoms with Gasteiger partial charge in [-0.15, -0.1) is 0 Å². The highest BCUT2D eigenvalue weighted by molar-refractivity contribution is 5.96. The van der Waals surface area contributed by atoms with Gasteiger partial charge in [-0.25, -0.2) is 4.98 Å². The number of hydrogen-bond acceptors (Lipinski definition) is 7. The summed E-state index contributed by atoms with van der Waals surface area (Å²) in [6.07, 6.45) is 5.53. The van der Waals surface area contributed by atoms with E-state index >= 15 is 0 Å². The molecule has 3 N–H and O–H groups in total. The number of hydrogen-bond donors (Lipinski definition) is 2. The molecule has 2 heterocycles. The van der Waals surface area contributed by atoms with Crippen LogP contribution in [-0.4, -0.2) is 74.8 Å². The fraction of sp³-hybridized carbons (Fsp3) is 0.441. The number of rotatable bonds is 15. The van der Waals surface area contributed by atoms with Gasteiger partial charge in [0.25, 0.3) is 0 Å². The second-order valence-corrected chi connectivity index (χ2v) is 10.8. The number of nitrogens with one attached hydrogen (secondary N) is 1. The number of ether oxygens (including phenoxy) is 2. The molecule has 43 heavy (non-hydrogen) atoms. The first-order valence-electron chi connectivity index (χ1n) is 15.4. The van der Waals surface area contributed by atoms with Crippen LogP contribution < -0.4 is 20.7 Å². The van der Waals surface area contributed by atoms with E-state index in [9.17, 15) is 4.79 Å². The molecule has 1 aliphatic heterocycles. The summed E-state index contributed by atoms with van der Waals surface area (Å²) in [6.45, 7) is 8.81. The van der Waals surface area contributed by atoms with E-state index in [1.807, 2.05) is 24.4 Å². The van der Waals surface area contributed by atoms with Crippen LogP contribution in [0.5, 0.6) is 5.75 Å². The zero-order valence-corrected chi connectivity index (χ0v) is 25.6. The molecule has 1 aliphatic rings. The van der Waals surface area contributed by atoms with Gasteiger partial charge >= 0.3 is 0 Å². The maximum Gasteiger partial charge on any atom is 0.226 e. The number of nitrogens with two attached hydrogens (primary N) is 1. The average Bonchev–Trinajstić information content (AvgIpc) is 3.03. The van der Waals surface area contributed by atoms with Crippen molar-refractivity contribution in [1.29, 1.82) is 0 Å². The van der Waals surface area contributed by atoms with E-state index in [-0.39, 0.29) is 11.9 Å². The second kappa shape index (κ2) is 17.2. The van der Waals surface area contributed by atoms with Crippen molar-refractivity contribution >= 4 is 17.7 Å². The molecular weight excluding hydrogens is 540 g/mol. The Kier molecular flexibility index (Phi) is 12.8.